The van der Waals surface area contributed by atoms with Gasteiger partial charge in [0.05, 0.1) is 0 Å². The highest BCUT2D eigenvalue weighted by molar-refractivity contribution is 5.80. The van der Waals surface area contributed by atoms with Gasteiger partial charge >= 0.3 is 0 Å². The molecule has 3 rings (SSSR count). The zero-order chi connectivity index (χ0) is 10.3. The Bertz CT molecular complexity index is 472. The maximum atomic E-state index is 3.57. The minimum absolute atomic E-state index is 0.555. The molecule has 2 heterocycles. The minimum atomic E-state index is 0.555. The van der Waals surface area contributed by atoms with Gasteiger partial charge in [-0.3, -0.25) is 0 Å². The molecule has 2 aromatic rings. The van der Waals surface area contributed by atoms with E-state index in [0.717, 1.165) is 12.5 Å². The van der Waals surface area contributed by atoms with Gasteiger partial charge in [-0.2, -0.15) is 0 Å². The second kappa shape index (κ2) is 3.38. The zero-order valence-electron chi connectivity index (χ0n) is 8.96. The Balaban J connectivity index is 1.97. The summed E-state index contributed by atoms with van der Waals surface area (Å²) in [6.45, 7) is 3.46. The Morgan fingerprint density at radius 3 is 3.00 bits per heavy atom. The summed E-state index contributed by atoms with van der Waals surface area (Å²) in [6, 6.07) is 9.39. The van der Waals surface area contributed by atoms with Gasteiger partial charge in [0.1, 0.15) is 0 Å². The maximum Gasteiger partial charge on any atom is 0.0454 e. The molecule has 1 saturated heterocycles. The van der Waals surface area contributed by atoms with Crippen LogP contribution in [0.1, 0.15) is 24.9 Å². The summed E-state index contributed by atoms with van der Waals surface area (Å²) in [4.78, 5) is 3.23. The first kappa shape index (κ1) is 8.98. The molecule has 78 valence electrons. The Labute approximate surface area is 89.7 Å². The molecule has 0 bridgehead atoms. The van der Waals surface area contributed by atoms with Crippen molar-refractivity contribution >= 4 is 10.9 Å². The average Bonchev–Trinajstić information content (AvgIpc) is 2.84. The Morgan fingerprint density at radius 1 is 1.27 bits per heavy atom. The average molecular weight is 200 g/mol. The summed E-state index contributed by atoms with van der Waals surface area (Å²) < 4.78 is 0. The molecule has 1 aromatic carbocycles. The quantitative estimate of drug-likeness (QED) is 0.728. The normalized spacial score (nSPS) is 26.2. The predicted octanol–water partition coefficient (Wildman–Crippen LogP) is 2.84. The summed E-state index contributed by atoms with van der Waals surface area (Å²) in [5, 5.41) is 4.88. The number of nitrogens with one attached hydrogen (secondary N) is 2. The summed E-state index contributed by atoms with van der Waals surface area (Å²) in [5.41, 5.74) is 2.65. The van der Waals surface area contributed by atoms with Gasteiger partial charge in [0.2, 0.25) is 0 Å². The molecule has 2 nitrogen and oxygen atoms in total. The summed E-state index contributed by atoms with van der Waals surface area (Å²) in [5.74, 6) is 0.803. The van der Waals surface area contributed by atoms with Crippen molar-refractivity contribution in [3.05, 3.63) is 36.0 Å². The third-order valence-corrected chi connectivity index (χ3v) is 3.33. The van der Waals surface area contributed by atoms with Crippen LogP contribution in [0.15, 0.2) is 30.5 Å². The molecule has 1 aliphatic rings. The number of benzene rings is 1. The van der Waals surface area contributed by atoms with E-state index < -0.39 is 0 Å². The van der Waals surface area contributed by atoms with E-state index in [0.29, 0.717) is 6.04 Å². The van der Waals surface area contributed by atoms with Crippen molar-refractivity contribution in [2.24, 2.45) is 5.92 Å². The van der Waals surface area contributed by atoms with Crippen LogP contribution >= 0.6 is 0 Å². The largest absolute Gasteiger partial charge is 0.361 e. The van der Waals surface area contributed by atoms with Gasteiger partial charge in [0, 0.05) is 17.8 Å². The Morgan fingerprint density at radius 2 is 2.20 bits per heavy atom. The lowest BCUT2D eigenvalue weighted by molar-refractivity contribution is 0.612. The molecule has 2 atom stereocenters. The molecule has 0 unspecified atom stereocenters. The molecule has 2 heteroatoms. The van der Waals surface area contributed by atoms with Crippen LogP contribution < -0.4 is 5.32 Å². The number of H-pyrrole nitrogens is 1. The molecule has 2 N–H and O–H groups in total. The maximum absolute atomic E-state index is 3.57. The van der Waals surface area contributed by atoms with Gasteiger partial charge in [-0.25, -0.2) is 0 Å². The zero-order valence-corrected chi connectivity index (χ0v) is 8.96. The summed E-state index contributed by atoms with van der Waals surface area (Å²) in [6.07, 6.45) is 3.26. The topological polar surface area (TPSA) is 27.8 Å². The second-order valence-corrected chi connectivity index (χ2v) is 4.63. The molecule has 0 radical (unpaired) electrons. The van der Waals surface area contributed by atoms with Gasteiger partial charge in [-0.1, -0.05) is 13.0 Å². The molecule has 15 heavy (non-hydrogen) atoms. The Kier molecular flexibility index (Phi) is 2.03. The van der Waals surface area contributed by atoms with Crippen molar-refractivity contribution in [1.29, 1.82) is 0 Å². The van der Waals surface area contributed by atoms with Crippen molar-refractivity contribution in [1.82, 2.24) is 10.3 Å². The van der Waals surface area contributed by atoms with E-state index in [9.17, 15) is 0 Å². The van der Waals surface area contributed by atoms with Crippen LogP contribution in [-0.2, 0) is 0 Å². The molecular formula is C13H16N2. The molecular weight excluding hydrogens is 184 g/mol. The number of fused-ring (bicyclic) bond motifs is 1. The first-order valence-electron chi connectivity index (χ1n) is 5.63. The molecule has 1 fully saturated rings. The van der Waals surface area contributed by atoms with E-state index >= 15 is 0 Å². The molecule has 1 aliphatic heterocycles. The van der Waals surface area contributed by atoms with Crippen LogP contribution in [0.4, 0.5) is 0 Å². The van der Waals surface area contributed by atoms with Gasteiger partial charge in [0.25, 0.3) is 0 Å². The smallest absolute Gasteiger partial charge is 0.0454 e. The highest BCUT2D eigenvalue weighted by atomic mass is 14.9. The fraction of sp³-hybridized carbons (Fsp3) is 0.385. The number of rotatable bonds is 1. The van der Waals surface area contributed by atoms with Crippen molar-refractivity contribution in [3.8, 4) is 0 Å². The highest BCUT2D eigenvalue weighted by Crippen LogP contribution is 2.28. The van der Waals surface area contributed by atoms with E-state index in [1.807, 2.05) is 6.20 Å². The summed E-state index contributed by atoms with van der Waals surface area (Å²) in [7, 11) is 0. The fourth-order valence-electron chi connectivity index (χ4n) is 2.45. The van der Waals surface area contributed by atoms with E-state index in [4.69, 9.17) is 0 Å². The van der Waals surface area contributed by atoms with Crippen LogP contribution in [0.5, 0.6) is 0 Å². The van der Waals surface area contributed by atoms with Crippen molar-refractivity contribution in [2.45, 2.75) is 19.4 Å². The number of hydrogen-bond acceptors (Lipinski definition) is 1. The van der Waals surface area contributed by atoms with Crippen LogP contribution in [-0.4, -0.2) is 11.5 Å². The lowest BCUT2D eigenvalue weighted by atomic mass is 10.0. The molecule has 0 spiro atoms. The van der Waals surface area contributed by atoms with Gasteiger partial charge in [-0.15, -0.1) is 0 Å². The molecule has 0 aliphatic carbocycles. The lowest BCUT2D eigenvalue weighted by Crippen LogP contribution is -2.13. The first-order chi connectivity index (χ1) is 7.33. The van der Waals surface area contributed by atoms with Crippen LogP contribution in [0.25, 0.3) is 10.9 Å². The van der Waals surface area contributed by atoms with Crippen molar-refractivity contribution in [3.63, 3.8) is 0 Å². The van der Waals surface area contributed by atoms with Crippen molar-refractivity contribution < 1.29 is 0 Å². The van der Waals surface area contributed by atoms with Crippen LogP contribution in [0.2, 0.25) is 0 Å². The number of aromatic amines is 1. The third kappa shape index (κ3) is 1.55. The monoisotopic (exact) mass is 200 g/mol. The molecule has 0 saturated carbocycles. The standard InChI is InChI=1S/C13H16N2/c1-9-6-13(15-8-9)10-2-3-12-11(7-10)4-5-14-12/h2-5,7,9,13-15H,6,8H2,1H3/t9-,13-/m1/s1. The van der Waals surface area contributed by atoms with E-state index in [1.165, 1.54) is 22.9 Å². The lowest BCUT2D eigenvalue weighted by Gasteiger charge is -2.10. The third-order valence-electron chi connectivity index (χ3n) is 3.33. The molecule has 0 amide bonds. The van der Waals surface area contributed by atoms with Gasteiger partial charge in [-0.05, 0) is 48.0 Å². The SMILES string of the molecule is C[C@H]1CN[C@@H](c2ccc3[nH]ccc3c2)C1. The van der Waals surface area contributed by atoms with E-state index in [-0.39, 0.29) is 0 Å². The van der Waals surface area contributed by atoms with E-state index in [2.05, 4.69) is 41.5 Å². The molecule has 1 aromatic heterocycles. The van der Waals surface area contributed by atoms with Crippen LogP contribution in [0.3, 0.4) is 0 Å². The second-order valence-electron chi connectivity index (χ2n) is 4.63. The summed E-state index contributed by atoms with van der Waals surface area (Å²) >= 11 is 0. The van der Waals surface area contributed by atoms with E-state index in [1.54, 1.807) is 0 Å². The highest BCUT2D eigenvalue weighted by Gasteiger charge is 2.21. The van der Waals surface area contributed by atoms with Gasteiger partial charge in [0.15, 0.2) is 0 Å². The minimum Gasteiger partial charge on any atom is -0.361 e. The predicted molar refractivity (Wildman–Crippen MR) is 62.8 cm³/mol. The first-order valence-corrected chi connectivity index (χ1v) is 5.63. The van der Waals surface area contributed by atoms with Crippen molar-refractivity contribution in [2.75, 3.05) is 6.54 Å². The van der Waals surface area contributed by atoms with Gasteiger partial charge < -0.3 is 10.3 Å². The Hall–Kier alpha value is -1.28. The number of aromatic nitrogens is 1. The van der Waals surface area contributed by atoms with Crippen LogP contribution in [0, 0.1) is 5.92 Å². The fourth-order valence-corrected chi connectivity index (χ4v) is 2.45. The number of hydrogen-bond donors (Lipinski definition) is 2.